The molecule has 1 aromatic heterocycles. The van der Waals surface area contributed by atoms with Gasteiger partial charge in [0.2, 0.25) is 0 Å². The summed E-state index contributed by atoms with van der Waals surface area (Å²) in [6.45, 7) is 6.31. The number of esters is 1. The van der Waals surface area contributed by atoms with Crippen molar-refractivity contribution in [2.24, 2.45) is 0 Å². The van der Waals surface area contributed by atoms with Gasteiger partial charge >= 0.3 is 5.97 Å². The molecule has 122 valence electrons. The molecule has 0 fully saturated rings. The standard InChI is InChI=1S/C17H22N4O2/c1-4-12(3)20-15-10-16(19-11-18-15)21-14-9-7-6-8-13(14)17(22)23-5-2/h6-12H,4-5H2,1-3H3,(H2,18,19,20,21). The van der Waals surface area contributed by atoms with Crippen LogP contribution < -0.4 is 10.6 Å². The number of rotatable bonds is 7. The van der Waals surface area contributed by atoms with Crippen molar-refractivity contribution < 1.29 is 9.53 Å². The number of anilines is 3. The van der Waals surface area contributed by atoms with E-state index in [1.165, 1.54) is 6.33 Å². The van der Waals surface area contributed by atoms with Crippen LogP contribution in [-0.4, -0.2) is 28.6 Å². The van der Waals surface area contributed by atoms with Crippen LogP contribution >= 0.6 is 0 Å². The maximum absolute atomic E-state index is 12.0. The van der Waals surface area contributed by atoms with Crippen molar-refractivity contribution in [1.82, 2.24) is 9.97 Å². The van der Waals surface area contributed by atoms with Crippen LogP contribution in [-0.2, 0) is 4.74 Å². The third-order valence-corrected chi connectivity index (χ3v) is 3.36. The van der Waals surface area contributed by atoms with E-state index in [0.717, 1.165) is 12.2 Å². The second kappa shape index (κ2) is 8.12. The van der Waals surface area contributed by atoms with E-state index in [4.69, 9.17) is 4.74 Å². The second-order valence-electron chi connectivity index (χ2n) is 5.13. The van der Waals surface area contributed by atoms with Crippen molar-refractivity contribution in [3.05, 3.63) is 42.2 Å². The van der Waals surface area contributed by atoms with Crippen LogP contribution in [0.4, 0.5) is 17.3 Å². The van der Waals surface area contributed by atoms with Gasteiger partial charge in [0.15, 0.2) is 0 Å². The monoisotopic (exact) mass is 314 g/mol. The van der Waals surface area contributed by atoms with E-state index in [2.05, 4.69) is 34.4 Å². The Kier molecular flexibility index (Phi) is 5.91. The van der Waals surface area contributed by atoms with E-state index in [1.807, 2.05) is 18.2 Å². The zero-order valence-electron chi connectivity index (χ0n) is 13.7. The molecule has 2 rings (SSSR count). The van der Waals surface area contributed by atoms with E-state index < -0.39 is 0 Å². The highest BCUT2D eigenvalue weighted by molar-refractivity contribution is 5.96. The maximum atomic E-state index is 12.0. The molecular weight excluding hydrogens is 292 g/mol. The Hall–Kier alpha value is -2.63. The lowest BCUT2D eigenvalue weighted by Gasteiger charge is -2.14. The summed E-state index contributed by atoms with van der Waals surface area (Å²) in [5.74, 6) is 0.996. The Morgan fingerprint density at radius 2 is 1.96 bits per heavy atom. The fraction of sp³-hybridized carbons (Fsp3) is 0.353. The first-order valence-corrected chi connectivity index (χ1v) is 7.75. The number of nitrogens with one attached hydrogen (secondary N) is 2. The summed E-state index contributed by atoms with van der Waals surface area (Å²) >= 11 is 0. The van der Waals surface area contributed by atoms with E-state index in [0.29, 0.717) is 29.7 Å². The third kappa shape index (κ3) is 4.67. The number of aromatic nitrogens is 2. The lowest BCUT2D eigenvalue weighted by atomic mass is 10.2. The molecule has 0 bridgehead atoms. The van der Waals surface area contributed by atoms with Gasteiger partial charge in [-0.05, 0) is 32.4 Å². The molecule has 0 aliphatic carbocycles. The predicted octanol–water partition coefficient (Wildman–Crippen LogP) is 3.61. The molecule has 0 saturated carbocycles. The summed E-state index contributed by atoms with van der Waals surface area (Å²) in [5, 5.41) is 6.44. The van der Waals surface area contributed by atoms with Crippen molar-refractivity contribution >= 4 is 23.3 Å². The Bertz CT molecular complexity index is 661. The number of benzene rings is 1. The van der Waals surface area contributed by atoms with Crippen molar-refractivity contribution in [1.29, 1.82) is 0 Å². The minimum absolute atomic E-state index is 0.324. The van der Waals surface area contributed by atoms with E-state index in [1.54, 1.807) is 19.1 Å². The van der Waals surface area contributed by atoms with E-state index >= 15 is 0 Å². The molecule has 1 unspecified atom stereocenters. The average Bonchev–Trinajstić information content (AvgIpc) is 2.56. The van der Waals surface area contributed by atoms with Crippen LogP contribution in [0.1, 0.15) is 37.6 Å². The van der Waals surface area contributed by atoms with Gasteiger partial charge in [-0.25, -0.2) is 14.8 Å². The molecule has 0 amide bonds. The topological polar surface area (TPSA) is 76.1 Å². The molecular formula is C17H22N4O2. The lowest BCUT2D eigenvalue weighted by Crippen LogP contribution is -2.14. The van der Waals surface area contributed by atoms with Gasteiger partial charge in [-0.15, -0.1) is 0 Å². The highest BCUT2D eigenvalue weighted by atomic mass is 16.5. The number of hydrogen-bond donors (Lipinski definition) is 2. The van der Waals surface area contributed by atoms with Crippen LogP contribution in [0.3, 0.4) is 0 Å². The Balaban J connectivity index is 2.19. The minimum Gasteiger partial charge on any atom is -0.462 e. The van der Waals surface area contributed by atoms with Gasteiger partial charge in [-0.1, -0.05) is 19.1 Å². The number of ether oxygens (including phenoxy) is 1. The van der Waals surface area contributed by atoms with E-state index in [-0.39, 0.29) is 5.97 Å². The molecule has 2 aromatic rings. The first-order valence-electron chi connectivity index (χ1n) is 7.75. The largest absolute Gasteiger partial charge is 0.462 e. The third-order valence-electron chi connectivity index (χ3n) is 3.36. The maximum Gasteiger partial charge on any atom is 0.340 e. The zero-order valence-corrected chi connectivity index (χ0v) is 13.7. The van der Waals surface area contributed by atoms with Gasteiger partial charge in [-0.3, -0.25) is 0 Å². The molecule has 0 aliphatic heterocycles. The number of carbonyl (C=O) groups is 1. The molecule has 1 heterocycles. The number of para-hydroxylation sites is 1. The van der Waals surface area contributed by atoms with Crippen molar-refractivity contribution in [2.75, 3.05) is 17.2 Å². The van der Waals surface area contributed by atoms with Crippen LogP contribution in [0.25, 0.3) is 0 Å². The highest BCUT2D eigenvalue weighted by Crippen LogP contribution is 2.21. The molecule has 2 N–H and O–H groups in total. The molecule has 0 spiro atoms. The molecule has 6 nitrogen and oxygen atoms in total. The fourth-order valence-corrected chi connectivity index (χ4v) is 1.98. The summed E-state index contributed by atoms with van der Waals surface area (Å²) in [4.78, 5) is 20.4. The normalized spacial score (nSPS) is 11.6. The molecule has 23 heavy (non-hydrogen) atoms. The second-order valence-corrected chi connectivity index (χ2v) is 5.13. The lowest BCUT2D eigenvalue weighted by molar-refractivity contribution is 0.0527. The van der Waals surface area contributed by atoms with Crippen molar-refractivity contribution in [2.45, 2.75) is 33.2 Å². The summed E-state index contributed by atoms with van der Waals surface area (Å²) in [6, 6.07) is 9.33. The zero-order chi connectivity index (χ0) is 16.7. The van der Waals surface area contributed by atoms with Gasteiger partial charge in [-0.2, -0.15) is 0 Å². The van der Waals surface area contributed by atoms with Crippen molar-refractivity contribution in [3.8, 4) is 0 Å². The average molecular weight is 314 g/mol. The van der Waals surface area contributed by atoms with Crippen LogP contribution in [0.15, 0.2) is 36.7 Å². The quantitative estimate of drug-likeness (QED) is 0.760. The number of carbonyl (C=O) groups excluding carboxylic acids is 1. The predicted molar refractivity (Wildman–Crippen MR) is 91.1 cm³/mol. The summed E-state index contributed by atoms with van der Waals surface area (Å²) < 4.78 is 5.07. The van der Waals surface area contributed by atoms with Gasteiger partial charge in [0, 0.05) is 12.1 Å². The highest BCUT2D eigenvalue weighted by Gasteiger charge is 2.12. The first kappa shape index (κ1) is 16.7. The molecule has 6 heteroatoms. The first-order chi connectivity index (χ1) is 11.1. The smallest absolute Gasteiger partial charge is 0.340 e. The van der Waals surface area contributed by atoms with Crippen molar-refractivity contribution in [3.63, 3.8) is 0 Å². The van der Waals surface area contributed by atoms with Crippen LogP contribution in [0.2, 0.25) is 0 Å². The Morgan fingerprint density at radius 3 is 2.70 bits per heavy atom. The van der Waals surface area contributed by atoms with Gasteiger partial charge in [0.25, 0.3) is 0 Å². The Morgan fingerprint density at radius 1 is 1.22 bits per heavy atom. The molecule has 0 saturated heterocycles. The summed E-state index contributed by atoms with van der Waals surface area (Å²) in [5.41, 5.74) is 1.13. The molecule has 0 radical (unpaired) electrons. The number of hydrogen-bond acceptors (Lipinski definition) is 6. The molecule has 0 aliphatic rings. The van der Waals surface area contributed by atoms with Gasteiger partial charge < -0.3 is 15.4 Å². The minimum atomic E-state index is -0.359. The van der Waals surface area contributed by atoms with E-state index in [9.17, 15) is 4.79 Å². The van der Waals surface area contributed by atoms with Gasteiger partial charge in [0.1, 0.15) is 18.0 Å². The number of nitrogens with zero attached hydrogens (tertiary/aromatic N) is 2. The summed E-state index contributed by atoms with van der Waals surface area (Å²) in [7, 11) is 0. The Labute approximate surface area is 136 Å². The van der Waals surface area contributed by atoms with Crippen LogP contribution in [0, 0.1) is 0 Å². The fourth-order valence-electron chi connectivity index (χ4n) is 1.98. The SMILES string of the molecule is CCOC(=O)c1ccccc1Nc1cc(NC(C)CC)ncn1. The molecule has 1 atom stereocenters. The summed E-state index contributed by atoms with van der Waals surface area (Å²) in [6.07, 6.45) is 2.48. The van der Waals surface area contributed by atoms with Crippen LogP contribution in [0.5, 0.6) is 0 Å². The molecule has 1 aromatic carbocycles. The van der Waals surface area contributed by atoms with Gasteiger partial charge in [0.05, 0.1) is 17.9 Å².